The summed E-state index contributed by atoms with van der Waals surface area (Å²) in [6.45, 7) is 12.3. The maximum absolute atomic E-state index is 13.6. The highest BCUT2D eigenvalue weighted by Gasteiger charge is 2.38. The van der Waals surface area contributed by atoms with E-state index in [1.807, 2.05) is 73.3 Å². The Kier molecular flexibility index (Phi) is 19.3. The molecule has 11 heterocycles. The molecule has 21 nitrogen and oxygen atoms in total. The zero-order chi connectivity index (χ0) is 65.2. The fourth-order valence-electron chi connectivity index (χ4n) is 10.7. The largest absolute Gasteiger partial charge is 0.497 e. The van der Waals surface area contributed by atoms with Crippen LogP contribution in [0.25, 0.3) is 22.3 Å². The molecule has 0 saturated carbocycles. The van der Waals surface area contributed by atoms with Crippen LogP contribution in [0.5, 0.6) is 11.5 Å². The van der Waals surface area contributed by atoms with Crippen LogP contribution in [0.3, 0.4) is 0 Å². The first-order chi connectivity index (χ1) is 43.8. The standard InChI is InChI=1S/C25H26F3N7OS.C19H23BrN6O.C18H19F3N6S/c1-24(29)9-12-34(13-10-24)19-14-31-20-22(32-19)35(15-16-5-7-17(36-2)8-6-16)33-23(20)37-18-4-3-11-30-21(18)25(26,27)28;1-19(21)7-9-25(10-8-19)15-11-22-16-17(20)24-26(18(16)23-15)12-13-3-5-14(27-2)6-4-13;1-17(22)4-7-27(8-5-17)13-10-24-14-11(26-13)9-25-16(14)28-12-3-2-6-23-15(12)18(19,20)21/h3-8,11,14H,9-10,12-13,15,29H2,1-2H3;3-6,11H,7-10,12,21H2,1-2H3;2-3,6,10H,4-5,7-9,22H2,1H3. The number of alkyl halides is 6. The summed E-state index contributed by atoms with van der Waals surface area (Å²) in [5.41, 5.74) is 22.1. The molecule has 7 aromatic heterocycles. The number of benzene rings is 2. The molecule has 92 heavy (non-hydrogen) atoms. The maximum atomic E-state index is 13.6. The number of methoxy groups -OCH3 is 2. The number of anilines is 3. The van der Waals surface area contributed by atoms with Crippen LogP contribution in [-0.2, 0) is 32.0 Å². The summed E-state index contributed by atoms with van der Waals surface area (Å²) in [4.78, 5) is 45.9. The van der Waals surface area contributed by atoms with Crippen LogP contribution < -0.4 is 41.4 Å². The van der Waals surface area contributed by atoms with Gasteiger partial charge in [0.1, 0.15) is 50.7 Å². The molecular weight excluding hydrogens is 1300 g/mol. The lowest BCUT2D eigenvalue weighted by Crippen LogP contribution is -2.48. The molecule has 0 unspecified atom stereocenters. The van der Waals surface area contributed by atoms with Gasteiger partial charge >= 0.3 is 12.4 Å². The number of ether oxygens (including phenoxy) is 2. The van der Waals surface area contributed by atoms with Crippen molar-refractivity contribution in [1.29, 1.82) is 0 Å². The third kappa shape index (κ3) is 15.6. The van der Waals surface area contributed by atoms with E-state index in [4.69, 9.17) is 36.6 Å². The van der Waals surface area contributed by atoms with Gasteiger partial charge in [-0.05, 0) is 135 Å². The summed E-state index contributed by atoms with van der Waals surface area (Å²) in [6.07, 6.45) is 3.55. The minimum absolute atomic E-state index is 0.00531. The molecule has 4 aliphatic heterocycles. The normalized spacial score (nSPS) is 16.9. The number of halogens is 7. The molecule has 30 heteroatoms. The number of nitrogens with zero attached hydrogens (tertiary/aromatic N) is 16. The van der Waals surface area contributed by atoms with Gasteiger partial charge in [-0.25, -0.2) is 39.3 Å². The van der Waals surface area contributed by atoms with Gasteiger partial charge < -0.3 is 41.4 Å². The number of hydrogen-bond acceptors (Lipinski definition) is 21. The summed E-state index contributed by atoms with van der Waals surface area (Å²) < 4.78 is 95.0. The summed E-state index contributed by atoms with van der Waals surface area (Å²) >= 11 is 5.31. The molecule has 0 amide bonds. The first-order valence-corrected chi connectivity index (χ1v) is 32.0. The van der Waals surface area contributed by atoms with E-state index in [9.17, 15) is 26.3 Å². The van der Waals surface area contributed by atoms with Gasteiger partial charge in [-0.3, -0.25) is 15.0 Å². The van der Waals surface area contributed by atoms with E-state index in [2.05, 4.69) is 82.6 Å². The summed E-state index contributed by atoms with van der Waals surface area (Å²) in [5.74, 6) is 3.88. The second-order valence-electron chi connectivity index (χ2n) is 23.9. The Morgan fingerprint density at radius 2 is 0.946 bits per heavy atom. The number of nitrogens with two attached hydrogens (primary N) is 3. The number of rotatable bonds is 12. The van der Waals surface area contributed by atoms with Gasteiger partial charge in [-0.15, -0.1) is 0 Å². The van der Waals surface area contributed by atoms with Crippen molar-refractivity contribution in [2.75, 3.05) is 68.2 Å². The molecule has 0 atom stereocenters. The third-order valence-electron chi connectivity index (χ3n) is 16.4. The molecule has 6 N–H and O–H groups in total. The van der Waals surface area contributed by atoms with Gasteiger partial charge in [0, 0.05) is 78.1 Å². The van der Waals surface area contributed by atoms with E-state index < -0.39 is 23.7 Å². The van der Waals surface area contributed by atoms with Gasteiger partial charge in [0.15, 0.2) is 32.3 Å². The van der Waals surface area contributed by atoms with Crippen molar-refractivity contribution in [3.05, 3.63) is 142 Å². The molecule has 0 aliphatic carbocycles. The first-order valence-electron chi connectivity index (χ1n) is 29.6. The highest BCUT2D eigenvalue weighted by molar-refractivity contribution is 9.10. The zero-order valence-electron chi connectivity index (χ0n) is 51.1. The minimum Gasteiger partial charge on any atom is -0.497 e. The molecule has 484 valence electrons. The number of piperidine rings is 3. The van der Waals surface area contributed by atoms with Gasteiger partial charge in [-0.2, -0.15) is 36.5 Å². The van der Waals surface area contributed by atoms with E-state index in [1.165, 1.54) is 24.3 Å². The molecule has 13 rings (SSSR count). The molecule has 0 spiro atoms. The molecular formula is C62H68BrF6N19O2S2. The van der Waals surface area contributed by atoms with Crippen LogP contribution in [0.1, 0.15) is 93.2 Å². The van der Waals surface area contributed by atoms with Gasteiger partial charge in [0.2, 0.25) is 0 Å². The van der Waals surface area contributed by atoms with Crippen molar-refractivity contribution in [3.8, 4) is 11.5 Å². The van der Waals surface area contributed by atoms with E-state index >= 15 is 0 Å². The topological polar surface area (TPSA) is 257 Å². The minimum atomic E-state index is -4.59. The predicted octanol–water partition coefficient (Wildman–Crippen LogP) is 11.0. The Morgan fingerprint density at radius 3 is 1.40 bits per heavy atom. The van der Waals surface area contributed by atoms with Crippen molar-refractivity contribution < 1.29 is 35.8 Å². The first kappa shape index (κ1) is 65.7. The molecule has 3 saturated heterocycles. The number of aromatic nitrogens is 12. The van der Waals surface area contributed by atoms with Gasteiger partial charge in [0.25, 0.3) is 0 Å². The SMILES string of the molecule is CC1(N)CCN(c2cnc3c(n2)CN=C3Sc2cccnc2C(F)(F)F)CC1.COc1ccc(Cn2nc(Br)c3ncc(N4CCC(C)(N)CC4)nc32)cc1.COc1ccc(Cn2nc(Sc3cccnc3C(F)(F)F)c3ncc(N4CCC(C)(N)CC4)nc32)cc1. The van der Waals surface area contributed by atoms with Crippen molar-refractivity contribution >= 4 is 84.3 Å². The number of aliphatic imine (C=N–C) groups is 1. The lowest BCUT2D eigenvalue weighted by atomic mass is 9.91. The lowest BCUT2D eigenvalue weighted by molar-refractivity contribution is -0.144. The summed E-state index contributed by atoms with van der Waals surface area (Å²) in [7, 11) is 3.26. The molecule has 2 aromatic carbocycles. The summed E-state index contributed by atoms with van der Waals surface area (Å²) in [6, 6.07) is 21.2. The van der Waals surface area contributed by atoms with Crippen LogP contribution in [0.2, 0.25) is 0 Å². The predicted molar refractivity (Wildman–Crippen MR) is 345 cm³/mol. The number of fused-ring (bicyclic) bond motifs is 3. The molecule has 3 fully saturated rings. The number of pyridine rings is 2. The van der Waals surface area contributed by atoms with Crippen molar-refractivity contribution in [2.45, 2.75) is 123 Å². The highest BCUT2D eigenvalue weighted by Crippen LogP contribution is 2.41. The van der Waals surface area contributed by atoms with Crippen LogP contribution in [0, 0.1) is 0 Å². The van der Waals surface area contributed by atoms with Crippen LogP contribution in [0.15, 0.2) is 128 Å². The second kappa shape index (κ2) is 27.1. The lowest BCUT2D eigenvalue weighted by Gasteiger charge is -2.37. The van der Waals surface area contributed by atoms with Gasteiger partial charge in [0.05, 0.1) is 58.1 Å². The molecule has 9 aromatic rings. The maximum Gasteiger partial charge on any atom is 0.434 e. The van der Waals surface area contributed by atoms with Crippen LogP contribution in [0.4, 0.5) is 43.8 Å². The fraction of sp³-hybridized carbons (Fsp3) is 0.403. The molecule has 0 bridgehead atoms. The third-order valence-corrected chi connectivity index (χ3v) is 19.0. The monoisotopic (exact) mass is 1370 g/mol. The average molecular weight is 1370 g/mol. The Hall–Kier alpha value is -7.77. The Labute approximate surface area is 543 Å². The van der Waals surface area contributed by atoms with Crippen molar-refractivity contribution in [2.24, 2.45) is 22.2 Å². The van der Waals surface area contributed by atoms with Crippen molar-refractivity contribution in [1.82, 2.24) is 59.4 Å². The average Bonchev–Trinajstić information content (AvgIpc) is 1.67. The Morgan fingerprint density at radius 1 is 0.533 bits per heavy atom. The van der Waals surface area contributed by atoms with E-state index in [-0.39, 0.29) is 26.4 Å². The molecule has 4 aliphatic rings. The van der Waals surface area contributed by atoms with E-state index in [1.54, 1.807) is 31.3 Å². The second-order valence-corrected chi connectivity index (χ2v) is 26.7. The number of thioether (sulfide) groups is 1. The van der Waals surface area contributed by atoms with Gasteiger partial charge in [-0.1, -0.05) is 47.8 Å². The van der Waals surface area contributed by atoms with Crippen molar-refractivity contribution in [3.63, 3.8) is 0 Å². The molecule has 0 radical (unpaired) electrons. The quantitative estimate of drug-likeness (QED) is 0.0961. The summed E-state index contributed by atoms with van der Waals surface area (Å²) in [5, 5.41) is 9.98. The Bertz CT molecular complexity index is 4080. The fourth-order valence-corrected chi connectivity index (χ4v) is 13.2. The zero-order valence-corrected chi connectivity index (χ0v) is 54.3. The highest BCUT2D eigenvalue weighted by atomic mass is 79.9. The number of hydrogen-bond donors (Lipinski definition) is 3. The van der Waals surface area contributed by atoms with E-state index in [0.717, 1.165) is 159 Å². The van der Waals surface area contributed by atoms with Crippen LogP contribution >= 0.6 is 39.5 Å². The smallest absolute Gasteiger partial charge is 0.434 e. The van der Waals surface area contributed by atoms with Crippen LogP contribution in [-0.4, -0.2) is 135 Å². The van der Waals surface area contributed by atoms with E-state index in [0.29, 0.717) is 62.7 Å². The Balaban J connectivity index is 0.000000144.